The molecule has 0 radical (unpaired) electrons. The van der Waals surface area contributed by atoms with Crippen molar-refractivity contribution in [3.63, 3.8) is 0 Å². The number of rotatable bonds is 4. The summed E-state index contributed by atoms with van der Waals surface area (Å²) >= 11 is 0. The van der Waals surface area contributed by atoms with Crippen LogP contribution in [-0.4, -0.2) is 33.7 Å². The summed E-state index contributed by atoms with van der Waals surface area (Å²) in [6.45, 7) is 2.04. The molecule has 1 atom stereocenters. The molecule has 0 saturated carbocycles. The zero-order chi connectivity index (χ0) is 12.1. The normalized spacial score (nSPS) is 12.1. The minimum Gasteiger partial charge on any atom is -0.364 e. The van der Waals surface area contributed by atoms with Crippen LogP contribution in [0.2, 0.25) is 0 Å². The van der Waals surface area contributed by atoms with Crippen LogP contribution in [0.25, 0.3) is 0 Å². The molecule has 6 heteroatoms. The summed E-state index contributed by atoms with van der Waals surface area (Å²) in [5.74, 6) is -0.0538. The molecule has 5 nitrogen and oxygen atoms in total. The van der Waals surface area contributed by atoms with Gasteiger partial charge >= 0.3 is 0 Å². The number of carbonyl (C=O) groups excluding carboxylic acids is 1. The van der Waals surface area contributed by atoms with Gasteiger partial charge in [-0.1, -0.05) is 0 Å². The first kappa shape index (κ1) is 12.6. The highest BCUT2D eigenvalue weighted by molar-refractivity contribution is 7.84. The first-order valence-electron chi connectivity index (χ1n) is 4.78. The standard InChI is InChI=1S/C10H14N2O3S/c1-7-5-9(13)8(6-12-7)10(14)11-3-4-16(2)15/h5-6H,3-4H2,1-2H3,(H,11,14)(H,12,13). The highest BCUT2D eigenvalue weighted by atomic mass is 32.2. The Morgan fingerprint density at radius 1 is 1.56 bits per heavy atom. The molecule has 2 N–H and O–H groups in total. The highest BCUT2D eigenvalue weighted by Gasteiger charge is 2.09. The number of pyridine rings is 1. The Morgan fingerprint density at radius 3 is 2.81 bits per heavy atom. The quantitative estimate of drug-likeness (QED) is 0.767. The molecular formula is C10H14N2O3S. The summed E-state index contributed by atoms with van der Waals surface area (Å²) in [7, 11) is -0.948. The van der Waals surface area contributed by atoms with E-state index in [9.17, 15) is 13.8 Å². The summed E-state index contributed by atoms with van der Waals surface area (Å²) in [4.78, 5) is 25.8. The fraction of sp³-hybridized carbons (Fsp3) is 0.400. The van der Waals surface area contributed by atoms with E-state index in [4.69, 9.17) is 0 Å². The third-order valence-electron chi connectivity index (χ3n) is 1.98. The predicted octanol–water partition coefficient (Wildman–Crippen LogP) is -0.208. The highest BCUT2D eigenvalue weighted by Crippen LogP contribution is 1.91. The Balaban J connectivity index is 2.66. The number of nitrogens with one attached hydrogen (secondary N) is 2. The van der Waals surface area contributed by atoms with E-state index in [1.165, 1.54) is 12.3 Å². The molecule has 16 heavy (non-hydrogen) atoms. The van der Waals surface area contributed by atoms with Crippen molar-refractivity contribution in [2.45, 2.75) is 6.92 Å². The Kier molecular flexibility index (Phi) is 4.42. The zero-order valence-electron chi connectivity index (χ0n) is 9.20. The lowest BCUT2D eigenvalue weighted by molar-refractivity contribution is 0.0954. The lowest BCUT2D eigenvalue weighted by atomic mass is 10.2. The van der Waals surface area contributed by atoms with Crippen molar-refractivity contribution in [1.82, 2.24) is 10.3 Å². The van der Waals surface area contributed by atoms with Crippen LogP contribution in [0.15, 0.2) is 17.1 Å². The molecule has 0 aromatic carbocycles. The minimum absolute atomic E-state index is 0.0764. The van der Waals surface area contributed by atoms with Crippen molar-refractivity contribution in [2.24, 2.45) is 0 Å². The Bertz CT molecular complexity index is 467. The second kappa shape index (κ2) is 5.60. The lowest BCUT2D eigenvalue weighted by Crippen LogP contribution is -2.31. The molecular weight excluding hydrogens is 228 g/mol. The summed E-state index contributed by atoms with van der Waals surface area (Å²) in [5.41, 5.74) is 0.468. The van der Waals surface area contributed by atoms with Gasteiger partial charge in [-0.15, -0.1) is 0 Å². The van der Waals surface area contributed by atoms with Gasteiger partial charge < -0.3 is 10.3 Å². The molecule has 88 valence electrons. The average molecular weight is 242 g/mol. The fourth-order valence-electron chi connectivity index (χ4n) is 1.15. The number of aryl methyl sites for hydroxylation is 1. The van der Waals surface area contributed by atoms with Gasteiger partial charge in [0.15, 0.2) is 5.43 Å². The minimum atomic E-state index is -0.948. The lowest BCUT2D eigenvalue weighted by Gasteiger charge is -2.03. The van der Waals surface area contributed by atoms with Gasteiger partial charge in [-0.25, -0.2) is 0 Å². The summed E-state index contributed by atoms with van der Waals surface area (Å²) in [6, 6.07) is 1.37. The van der Waals surface area contributed by atoms with Gasteiger partial charge in [0.25, 0.3) is 5.91 Å². The SMILES string of the molecule is Cc1cc(=O)c(C(=O)NCCS(C)=O)c[nH]1. The molecule has 1 aromatic heterocycles. The number of hydrogen-bond acceptors (Lipinski definition) is 3. The topological polar surface area (TPSA) is 79.0 Å². The second-order valence-corrected chi connectivity index (χ2v) is 4.98. The molecule has 0 saturated heterocycles. The van der Waals surface area contributed by atoms with Crippen molar-refractivity contribution >= 4 is 16.7 Å². The molecule has 0 fully saturated rings. The fourth-order valence-corrected chi connectivity index (χ4v) is 1.54. The van der Waals surface area contributed by atoms with Gasteiger partial charge in [-0.05, 0) is 6.92 Å². The van der Waals surface area contributed by atoms with Crippen molar-refractivity contribution in [3.8, 4) is 0 Å². The number of amides is 1. The van der Waals surface area contributed by atoms with Crippen LogP contribution < -0.4 is 10.7 Å². The summed E-state index contributed by atoms with van der Waals surface area (Å²) in [6.07, 6.45) is 2.95. The van der Waals surface area contributed by atoms with Crippen LogP contribution in [0.5, 0.6) is 0 Å². The van der Waals surface area contributed by atoms with Crippen molar-refractivity contribution in [1.29, 1.82) is 0 Å². The van der Waals surface area contributed by atoms with Crippen LogP contribution in [-0.2, 0) is 10.8 Å². The van der Waals surface area contributed by atoms with E-state index in [0.29, 0.717) is 18.0 Å². The predicted molar refractivity (Wildman–Crippen MR) is 63.1 cm³/mol. The molecule has 0 spiro atoms. The smallest absolute Gasteiger partial charge is 0.256 e. The van der Waals surface area contributed by atoms with Crippen molar-refractivity contribution in [3.05, 3.63) is 33.7 Å². The van der Waals surface area contributed by atoms with E-state index in [1.807, 2.05) is 0 Å². The van der Waals surface area contributed by atoms with Gasteiger partial charge in [0.1, 0.15) is 5.56 Å². The first-order valence-corrected chi connectivity index (χ1v) is 6.51. The molecule has 1 unspecified atom stereocenters. The summed E-state index contributed by atoms with van der Waals surface area (Å²) < 4.78 is 10.8. The molecule has 0 aliphatic carbocycles. The number of aromatic nitrogens is 1. The van der Waals surface area contributed by atoms with Crippen LogP contribution in [0.4, 0.5) is 0 Å². The summed E-state index contributed by atoms with van der Waals surface area (Å²) in [5, 5.41) is 2.54. The molecule has 1 rings (SSSR count). The van der Waals surface area contributed by atoms with E-state index in [2.05, 4.69) is 10.3 Å². The largest absolute Gasteiger partial charge is 0.364 e. The second-order valence-electron chi connectivity index (χ2n) is 3.43. The maximum atomic E-state index is 11.5. The molecule has 0 bridgehead atoms. The van der Waals surface area contributed by atoms with Gasteiger partial charge in [0.05, 0.1) is 0 Å². The van der Waals surface area contributed by atoms with Crippen LogP contribution in [0.3, 0.4) is 0 Å². The maximum absolute atomic E-state index is 11.5. The molecule has 1 heterocycles. The van der Waals surface area contributed by atoms with E-state index < -0.39 is 16.7 Å². The number of aromatic amines is 1. The third kappa shape index (κ3) is 3.62. The Morgan fingerprint density at radius 2 is 2.25 bits per heavy atom. The van der Waals surface area contributed by atoms with E-state index >= 15 is 0 Å². The van der Waals surface area contributed by atoms with Crippen molar-refractivity contribution in [2.75, 3.05) is 18.6 Å². The Hall–Kier alpha value is -1.43. The molecule has 1 amide bonds. The zero-order valence-corrected chi connectivity index (χ0v) is 10.0. The van der Waals surface area contributed by atoms with E-state index in [1.54, 1.807) is 13.2 Å². The number of carbonyl (C=O) groups is 1. The first-order chi connectivity index (χ1) is 7.50. The Labute approximate surface area is 95.7 Å². The average Bonchev–Trinajstić information content (AvgIpc) is 2.16. The maximum Gasteiger partial charge on any atom is 0.256 e. The van der Waals surface area contributed by atoms with E-state index in [0.717, 1.165) is 0 Å². The van der Waals surface area contributed by atoms with Gasteiger partial charge in [0, 0.05) is 47.3 Å². The third-order valence-corrected chi connectivity index (χ3v) is 2.76. The van der Waals surface area contributed by atoms with Crippen molar-refractivity contribution < 1.29 is 9.00 Å². The number of H-pyrrole nitrogens is 1. The molecule has 0 aliphatic heterocycles. The molecule has 0 aliphatic rings. The monoisotopic (exact) mass is 242 g/mol. The van der Waals surface area contributed by atoms with E-state index in [-0.39, 0.29) is 11.0 Å². The van der Waals surface area contributed by atoms with Crippen LogP contribution in [0, 0.1) is 6.92 Å². The molecule has 1 aromatic rings. The van der Waals surface area contributed by atoms with Crippen LogP contribution >= 0.6 is 0 Å². The van der Waals surface area contributed by atoms with Gasteiger partial charge in [-0.2, -0.15) is 0 Å². The van der Waals surface area contributed by atoms with Gasteiger partial charge in [0.2, 0.25) is 0 Å². The van der Waals surface area contributed by atoms with Crippen LogP contribution in [0.1, 0.15) is 16.1 Å². The number of hydrogen-bond donors (Lipinski definition) is 2. The van der Waals surface area contributed by atoms with Gasteiger partial charge in [-0.3, -0.25) is 13.8 Å².